The van der Waals surface area contributed by atoms with Crippen molar-refractivity contribution in [1.82, 2.24) is 0 Å². The summed E-state index contributed by atoms with van der Waals surface area (Å²) in [7, 11) is 0. The van der Waals surface area contributed by atoms with Crippen molar-refractivity contribution < 1.29 is 26.3 Å². The lowest BCUT2D eigenvalue weighted by Gasteiger charge is -2.19. The van der Waals surface area contributed by atoms with Gasteiger partial charge in [-0.1, -0.05) is 18.2 Å². The van der Waals surface area contributed by atoms with Crippen molar-refractivity contribution in [2.75, 3.05) is 10.4 Å². The molecule has 196 valence electrons. The van der Waals surface area contributed by atoms with Gasteiger partial charge in [0.05, 0.1) is 40.7 Å². The van der Waals surface area contributed by atoms with E-state index in [1.807, 2.05) is 19.1 Å². The highest BCUT2D eigenvalue weighted by molar-refractivity contribution is 9.18. The van der Waals surface area contributed by atoms with Crippen LogP contribution in [0.5, 0.6) is 0 Å². The Balaban J connectivity index is 0.000000337. The Kier molecular flexibility index (Phi) is 11.8. The van der Waals surface area contributed by atoms with Crippen molar-refractivity contribution in [3.05, 3.63) is 72.3 Å². The first-order valence-corrected chi connectivity index (χ1v) is 11.1. The molecule has 3 rings (SSSR count). The Hall–Kier alpha value is -3.84. The van der Waals surface area contributed by atoms with E-state index in [-0.39, 0.29) is 12.5 Å². The normalized spacial score (nSPS) is 15.1. The third-order valence-corrected chi connectivity index (χ3v) is 4.84. The predicted molar refractivity (Wildman–Crippen MR) is 134 cm³/mol. The van der Waals surface area contributed by atoms with Gasteiger partial charge in [-0.2, -0.15) is 47.1 Å². The maximum absolute atomic E-state index is 12.6. The number of hydrazone groups is 2. The Labute approximate surface area is 218 Å². The second-order valence-electron chi connectivity index (χ2n) is 7.22. The molecule has 13 heteroatoms. The molecular weight excluding hydrogens is 566 g/mol. The zero-order valence-electron chi connectivity index (χ0n) is 19.6. The number of hydrogen-bond donors (Lipinski definition) is 1. The Bertz CT molecular complexity index is 1210. The summed E-state index contributed by atoms with van der Waals surface area (Å²) in [4.78, 5) is 0. The third kappa shape index (κ3) is 10.4. The lowest BCUT2D eigenvalue weighted by Crippen LogP contribution is -2.24. The minimum atomic E-state index is -4.53. The number of nitriles is 2. The van der Waals surface area contributed by atoms with Gasteiger partial charge in [-0.05, 0) is 66.2 Å². The van der Waals surface area contributed by atoms with Crippen LogP contribution in [-0.2, 0) is 0 Å². The number of rotatable bonds is 3. The zero-order chi connectivity index (χ0) is 28.2. The van der Waals surface area contributed by atoms with Gasteiger partial charge in [0, 0.05) is 6.42 Å². The molecule has 2 aromatic rings. The molecule has 1 aliphatic rings. The van der Waals surface area contributed by atoms with Crippen LogP contribution in [0.25, 0.3) is 0 Å². The van der Waals surface area contributed by atoms with Crippen LogP contribution in [0.15, 0.2) is 71.4 Å². The second kappa shape index (κ2) is 14.0. The fraction of sp³-hybridized carbons (Fsp3) is 0.250. The highest BCUT2D eigenvalue weighted by atomic mass is 79.9. The molecule has 0 radical (unpaired) electrons. The van der Waals surface area contributed by atoms with Gasteiger partial charge < -0.3 is 0 Å². The number of allylic oxidation sites excluding steroid dienone is 1. The maximum atomic E-state index is 12.6. The molecule has 2 aromatic carbocycles. The summed E-state index contributed by atoms with van der Waals surface area (Å²) in [6.45, 7) is 6.92. The molecule has 1 atom stereocenters. The van der Waals surface area contributed by atoms with E-state index in [0.717, 1.165) is 0 Å². The van der Waals surface area contributed by atoms with Crippen LogP contribution >= 0.6 is 15.9 Å². The minimum absolute atomic E-state index is 0.139. The molecule has 37 heavy (non-hydrogen) atoms. The average molecular weight is 587 g/mol. The Morgan fingerprint density at radius 3 is 2.14 bits per heavy atom. The number of nitrogens with zero attached hydrogens (tertiary/aromatic N) is 5. The van der Waals surface area contributed by atoms with E-state index in [0.29, 0.717) is 22.5 Å². The van der Waals surface area contributed by atoms with Crippen molar-refractivity contribution in [3.63, 3.8) is 0 Å². The lowest BCUT2D eigenvalue weighted by atomic mass is 10.1. The SMILES string of the molecule is C=CC.CC1CC(C(F)(F)F)=NN1c1cccc(C#N)c1.N#Cc1cccc(N/N=C(\Br)C(F)(F)F)c1. The van der Waals surface area contributed by atoms with Gasteiger partial charge in [0.15, 0.2) is 0 Å². The fourth-order valence-electron chi connectivity index (χ4n) is 2.67. The first kappa shape index (κ1) is 31.2. The molecule has 0 aliphatic carbocycles. The fourth-order valence-corrected chi connectivity index (χ4v) is 2.76. The summed E-state index contributed by atoms with van der Waals surface area (Å²) < 4.78 is 72.6. The molecule has 6 nitrogen and oxygen atoms in total. The highest BCUT2D eigenvalue weighted by Crippen LogP contribution is 2.31. The Morgan fingerprint density at radius 1 is 1.11 bits per heavy atom. The van der Waals surface area contributed by atoms with Crippen molar-refractivity contribution in [3.8, 4) is 12.1 Å². The van der Waals surface area contributed by atoms with Gasteiger partial charge in [-0.3, -0.25) is 10.4 Å². The molecule has 1 aliphatic heterocycles. The molecule has 1 N–H and O–H groups in total. The van der Waals surface area contributed by atoms with Gasteiger partial charge in [0.2, 0.25) is 4.62 Å². The van der Waals surface area contributed by atoms with Gasteiger partial charge in [-0.15, -0.1) is 6.58 Å². The molecule has 0 amide bonds. The summed E-state index contributed by atoms with van der Waals surface area (Å²) in [5.41, 5.74) is 2.96. The first-order chi connectivity index (χ1) is 17.3. The van der Waals surface area contributed by atoms with Gasteiger partial charge in [-0.25, -0.2) is 0 Å². The molecule has 0 bridgehead atoms. The summed E-state index contributed by atoms with van der Waals surface area (Å²) in [6.07, 6.45) is -7.31. The Morgan fingerprint density at radius 2 is 1.65 bits per heavy atom. The van der Waals surface area contributed by atoms with Crippen molar-refractivity contribution in [2.24, 2.45) is 10.2 Å². The van der Waals surface area contributed by atoms with E-state index in [4.69, 9.17) is 10.5 Å². The minimum Gasteiger partial charge on any atom is -0.277 e. The summed E-state index contributed by atoms with van der Waals surface area (Å²) in [5, 5.41) is 25.3. The molecule has 0 aromatic heterocycles. The largest absolute Gasteiger partial charge is 0.441 e. The van der Waals surface area contributed by atoms with E-state index in [9.17, 15) is 26.3 Å². The number of nitrogens with one attached hydrogen (secondary N) is 1. The predicted octanol–water partition coefficient (Wildman–Crippen LogP) is 7.51. The highest BCUT2D eigenvalue weighted by Gasteiger charge is 2.41. The molecule has 0 fully saturated rings. The number of alkyl halides is 6. The zero-order valence-corrected chi connectivity index (χ0v) is 21.2. The molecule has 0 saturated heterocycles. The number of halogens is 7. The third-order valence-electron chi connectivity index (χ3n) is 4.21. The quantitative estimate of drug-likeness (QED) is 0.174. The summed E-state index contributed by atoms with van der Waals surface area (Å²) in [6, 6.07) is 15.8. The van der Waals surface area contributed by atoms with Crippen LogP contribution in [0.1, 0.15) is 31.4 Å². The molecule has 0 saturated carbocycles. The van der Waals surface area contributed by atoms with Crippen molar-refractivity contribution >= 4 is 37.6 Å². The smallest absolute Gasteiger partial charge is 0.277 e. The molecule has 1 heterocycles. The topological polar surface area (TPSA) is 87.6 Å². The monoisotopic (exact) mass is 586 g/mol. The average Bonchev–Trinajstić information content (AvgIpc) is 3.25. The maximum Gasteiger partial charge on any atom is 0.441 e. The van der Waals surface area contributed by atoms with E-state index in [2.05, 4.69) is 38.1 Å². The number of benzene rings is 2. The lowest BCUT2D eigenvalue weighted by molar-refractivity contribution is -0.0601. The van der Waals surface area contributed by atoms with Crippen LogP contribution in [0.2, 0.25) is 0 Å². The van der Waals surface area contributed by atoms with E-state index in [1.54, 1.807) is 31.2 Å². The van der Waals surface area contributed by atoms with Gasteiger partial charge >= 0.3 is 12.4 Å². The molecular formula is C24H21BrF6N6. The van der Waals surface area contributed by atoms with Gasteiger partial charge in [0.1, 0.15) is 5.71 Å². The van der Waals surface area contributed by atoms with Crippen molar-refractivity contribution in [2.45, 2.75) is 38.7 Å². The van der Waals surface area contributed by atoms with E-state index in [1.165, 1.54) is 35.3 Å². The van der Waals surface area contributed by atoms with E-state index >= 15 is 0 Å². The number of anilines is 2. The van der Waals surface area contributed by atoms with Crippen LogP contribution in [0, 0.1) is 22.7 Å². The first-order valence-electron chi connectivity index (χ1n) is 10.3. The summed E-state index contributed by atoms with van der Waals surface area (Å²) in [5.74, 6) is 0. The standard InChI is InChI=1S/C12H10F3N3.C9H5BrF3N3.C3H6/c1-8-5-11(12(13,14)15)17-18(8)10-4-2-3-9(6-10)7-16;10-8(9(11,12)13)16-15-7-3-1-2-6(4-7)5-14;1-3-2/h2-4,6,8H,5H2,1H3;1-4,15H;3H,1H2,2H3/b;16-8-;. The van der Waals surface area contributed by atoms with Crippen LogP contribution in [0.4, 0.5) is 37.7 Å². The summed E-state index contributed by atoms with van der Waals surface area (Å²) >= 11 is 2.29. The van der Waals surface area contributed by atoms with Crippen LogP contribution in [-0.4, -0.2) is 28.7 Å². The van der Waals surface area contributed by atoms with Gasteiger partial charge in [0.25, 0.3) is 0 Å². The number of hydrogen-bond acceptors (Lipinski definition) is 6. The van der Waals surface area contributed by atoms with Crippen molar-refractivity contribution in [1.29, 1.82) is 10.5 Å². The van der Waals surface area contributed by atoms with E-state index < -0.39 is 22.7 Å². The second-order valence-corrected chi connectivity index (χ2v) is 7.97. The van der Waals surface area contributed by atoms with Crippen LogP contribution in [0.3, 0.4) is 0 Å². The molecule has 1 unspecified atom stereocenters. The molecule has 0 spiro atoms. The van der Waals surface area contributed by atoms with Crippen LogP contribution < -0.4 is 10.4 Å².